The van der Waals surface area contributed by atoms with Crippen molar-refractivity contribution in [1.29, 1.82) is 0 Å². The van der Waals surface area contributed by atoms with E-state index in [4.69, 9.17) is 9.47 Å². The van der Waals surface area contributed by atoms with Gasteiger partial charge in [0.2, 0.25) is 0 Å². The van der Waals surface area contributed by atoms with E-state index in [1.807, 2.05) is 32.0 Å². The molecule has 188 valence electrons. The molecule has 37 heavy (non-hydrogen) atoms. The van der Waals surface area contributed by atoms with Crippen molar-refractivity contribution in [3.8, 4) is 11.5 Å². The van der Waals surface area contributed by atoms with E-state index in [-0.39, 0.29) is 18.0 Å². The molecule has 0 fully saturated rings. The standard InChI is InChI=1S/C27H21FIN3O4S/c1-14-8-20-21(9-15(14)2)32-26(34)23(37-27(32)31-20)12-16-10-19(29)25(22(11-16)35-3)36-13-24(33)30-18-6-4-17(28)5-7-18/h4-12H,13H2,1-3H3,(H,30,33)/b23-12-. The van der Waals surface area contributed by atoms with Gasteiger partial charge < -0.3 is 14.8 Å². The van der Waals surface area contributed by atoms with Crippen molar-refractivity contribution < 1.29 is 18.7 Å². The van der Waals surface area contributed by atoms with Crippen LogP contribution in [0.2, 0.25) is 0 Å². The predicted molar refractivity (Wildman–Crippen MR) is 151 cm³/mol. The number of fused-ring (bicyclic) bond motifs is 3. The van der Waals surface area contributed by atoms with E-state index < -0.39 is 5.91 Å². The van der Waals surface area contributed by atoms with E-state index in [0.717, 1.165) is 27.7 Å². The van der Waals surface area contributed by atoms with Crippen molar-refractivity contribution in [3.05, 3.63) is 89.5 Å². The van der Waals surface area contributed by atoms with Crippen molar-refractivity contribution in [2.75, 3.05) is 19.0 Å². The second-order valence-corrected chi connectivity index (χ2v) is 10.6. The van der Waals surface area contributed by atoms with Crippen molar-refractivity contribution >= 4 is 67.6 Å². The van der Waals surface area contributed by atoms with Crippen LogP contribution in [0.1, 0.15) is 16.7 Å². The molecule has 3 aromatic carbocycles. The Kier molecular flexibility index (Phi) is 6.86. The van der Waals surface area contributed by atoms with Crippen LogP contribution in [0.25, 0.3) is 22.1 Å². The molecule has 0 radical (unpaired) electrons. The van der Waals surface area contributed by atoms with Gasteiger partial charge in [0.25, 0.3) is 11.5 Å². The Balaban J connectivity index is 1.42. The molecule has 0 spiro atoms. The highest BCUT2D eigenvalue weighted by Gasteiger charge is 2.15. The van der Waals surface area contributed by atoms with E-state index in [0.29, 0.717) is 30.2 Å². The molecule has 0 aliphatic heterocycles. The Morgan fingerprint density at radius 3 is 2.62 bits per heavy atom. The Morgan fingerprint density at radius 1 is 1.16 bits per heavy atom. The molecule has 0 aliphatic carbocycles. The molecule has 0 saturated carbocycles. The maximum absolute atomic E-state index is 13.2. The molecule has 5 aromatic rings. The van der Waals surface area contributed by atoms with Gasteiger partial charge in [-0.2, -0.15) is 0 Å². The van der Waals surface area contributed by atoms with Gasteiger partial charge >= 0.3 is 0 Å². The molecule has 7 nitrogen and oxygen atoms in total. The van der Waals surface area contributed by atoms with Crippen molar-refractivity contribution in [3.63, 3.8) is 0 Å². The van der Waals surface area contributed by atoms with Gasteiger partial charge in [0.05, 0.1) is 26.2 Å². The number of carbonyl (C=O) groups is 1. The largest absolute Gasteiger partial charge is 0.493 e. The third kappa shape index (κ3) is 5.03. The summed E-state index contributed by atoms with van der Waals surface area (Å²) in [6.07, 6.45) is 1.80. The number of anilines is 1. The molecule has 1 amide bonds. The predicted octanol–water partition coefficient (Wildman–Crippen LogP) is 4.84. The summed E-state index contributed by atoms with van der Waals surface area (Å²) in [5.41, 5.74) is 4.93. The topological polar surface area (TPSA) is 81.9 Å². The highest BCUT2D eigenvalue weighted by molar-refractivity contribution is 14.1. The van der Waals surface area contributed by atoms with Gasteiger partial charge in [-0.25, -0.2) is 13.8 Å². The van der Waals surface area contributed by atoms with Crippen LogP contribution in [-0.2, 0) is 4.79 Å². The zero-order valence-electron chi connectivity index (χ0n) is 20.1. The molecular weight excluding hydrogens is 608 g/mol. The van der Waals surface area contributed by atoms with Crippen molar-refractivity contribution in [1.82, 2.24) is 9.38 Å². The molecule has 10 heteroatoms. The lowest BCUT2D eigenvalue weighted by molar-refractivity contribution is -0.118. The average molecular weight is 629 g/mol. The van der Waals surface area contributed by atoms with Crippen LogP contribution < -0.4 is 24.9 Å². The summed E-state index contributed by atoms with van der Waals surface area (Å²) in [6, 6.07) is 13.1. The number of ether oxygens (including phenoxy) is 2. The molecule has 0 aliphatic rings. The summed E-state index contributed by atoms with van der Waals surface area (Å²) in [5.74, 6) is 0.0631. The van der Waals surface area contributed by atoms with Crippen LogP contribution in [0, 0.1) is 23.2 Å². The average Bonchev–Trinajstić information content (AvgIpc) is 3.35. The number of rotatable bonds is 6. The van der Waals surface area contributed by atoms with E-state index >= 15 is 0 Å². The summed E-state index contributed by atoms with van der Waals surface area (Å²) in [7, 11) is 1.51. The summed E-state index contributed by atoms with van der Waals surface area (Å²) in [5, 5.41) is 2.65. The van der Waals surface area contributed by atoms with Crippen LogP contribution in [0.4, 0.5) is 10.1 Å². The number of nitrogens with zero attached hydrogens (tertiary/aromatic N) is 2. The number of hydrogen-bond acceptors (Lipinski definition) is 6. The number of methoxy groups -OCH3 is 1. The lowest BCUT2D eigenvalue weighted by atomic mass is 10.1. The number of thiazole rings is 1. The number of aromatic nitrogens is 2. The number of halogens is 2. The number of benzene rings is 3. The van der Waals surface area contributed by atoms with Crippen LogP contribution in [-0.4, -0.2) is 29.0 Å². The zero-order valence-corrected chi connectivity index (χ0v) is 23.1. The molecule has 2 aromatic heterocycles. The normalized spacial score (nSPS) is 11.9. The van der Waals surface area contributed by atoms with Gasteiger partial charge in [-0.1, -0.05) is 11.3 Å². The quantitative estimate of drug-likeness (QED) is 0.272. The number of hydrogen-bond donors (Lipinski definition) is 1. The van der Waals surface area contributed by atoms with Gasteiger partial charge in [0.15, 0.2) is 23.1 Å². The van der Waals surface area contributed by atoms with Crippen LogP contribution in [0.15, 0.2) is 53.3 Å². The Hall–Kier alpha value is -3.51. The molecule has 1 N–H and O–H groups in total. The maximum atomic E-state index is 13.2. The highest BCUT2D eigenvalue weighted by atomic mass is 127. The molecule has 0 saturated heterocycles. The molecule has 0 atom stereocenters. The van der Waals surface area contributed by atoms with Gasteiger partial charge in [-0.05, 0) is 108 Å². The second-order valence-electron chi connectivity index (χ2n) is 8.45. The minimum atomic E-state index is -0.393. The van der Waals surface area contributed by atoms with Gasteiger partial charge in [0, 0.05) is 5.69 Å². The number of aryl methyl sites for hydroxylation is 2. The van der Waals surface area contributed by atoms with Crippen LogP contribution >= 0.6 is 33.9 Å². The SMILES string of the molecule is COc1cc(/C=c2\sc3nc4cc(C)c(C)cc4n3c2=O)cc(I)c1OCC(=O)Nc1ccc(F)cc1. The lowest BCUT2D eigenvalue weighted by Gasteiger charge is -2.13. The Morgan fingerprint density at radius 2 is 1.89 bits per heavy atom. The van der Waals surface area contributed by atoms with Gasteiger partial charge in [-0.3, -0.25) is 9.59 Å². The number of imidazole rings is 1. The van der Waals surface area contributed by atoms with E-state index in [1.54, 1.807) is 16.5 Å². The first kappa shape index (κ1) is 25.2. The van der Waals surface area contributed by atoms with Crippen molar-refractivity contribution in [2.24, 2.45) is 0 Å². The minimum Gasteiger partial charge on any atom is -0.493 e. The molecule has 2 heterocycles. The van der Waals surface area contributed by atoms with E-state index in [9.17, 15) is 14.0 Å². The maximum Gasteiger partial charge on any atom is 0.274 e. The Bertz CT molecular complexity index is 1780. The third-order valence-corrected chi connectivity index (χ3v) is 7.65. The summed E-state index contributed by atoms with van der Waals surface area (Å²) < 4.78 is 27.2. The molecule has 0 bridgehead atoms. The summed E-state index contributed by atoms with van der Waals surface area (Å²) in [4.78, 5) is 30.8. The van der Waals surface area contributed by atoms with Crippen LogP contribution in [0.5, 0.6) is 11.5 Å². The Labute approximate surface area is 228 Å². The van der Waals surface area contributed by atoms with Crippen molar-refractivity contribution in [2.45, 2.75) is 13.8 Å². The number of amides is 1. The first-order valence-electron chi connectivity index (χ1n) is 11.2. The summed E-state index contributed by atoms with van der Waals surface area (Å²) >= 11 is 3.43. The third-order valence-electron chi connectivity index (χ3n) is 5.88. The zero-order chi connectivity index (χ0) is 26.3. The number of carbonyl (C=O) groups excluding carboxylic acids is 1. The fourth-order valence-electron chi connectivity index (χ4n) is 3.90. The highest BCUT2D eigenvalue weighted by Crippen LogP contribution is 2.34. The van der Waals surface area contributed by atoms with Gasteiger partial charge in [0.1, 0.15) is 5.82 Å². The minimum absolute atomic E-state index is 0.127. The summed E-state index contributed by atoms with van der Waals surface area (Å²) in [6.45, 7) is 3.79. The van der Waals surface area contributed by atoms with Crippen LogP contribution in [0.3, 0.4) is 0 Å². The molecule has 5 rings (SSSR count). The first-order chi connectivity index (χ1) is 17.7. The van der Waals surface area contributed by atoms with E-state index in [2.05, 4.69) is 32.9 Å². The molecular formula is C27H21FIN3O4S. The number of nitrogens with one attached hydrogen (secondary N) is 1. The van der Waals surface area contributed by atoms with E-state index in [1.165, 1.54) is 42.7 Å². The monoisotopic (exact) mass is 629 g/mol. The fourth-order valence-corrected chi connectivity index (χ4v) is 5.67. The molecule has 0 unspecified atom stereocenters. The smallest absolute Gasteiger partial charge is 0.274 e. The second kappa shape index (κ2) is 10.1. The fraction of sp³-hybridized carbons (Fsp3) is 0.148. The van der Waals surface area contributed by atoms with Gasteiger partial charge in [-0.15, -0.1) is 0 Å². The first-order valence-corrected chi connectivity index (χ1v) is 13.1. The lowest BCUT2D eigenvalue weighted by Crippen LogP contribution is -2.22.